The number of carboxylic acids is 1. The van der Waals surface area contributed by atoms with Gasteiger partial charge in [-0.2, -0.15) is 5.10 Å². The van der Waals surface area contributed by atoms with E-state index in [4.69, 9.17) is 0 Å². The highest BCUT2D eigenvalue weighted by atomic mass is 16.4. The van der Waals surface area contributed by atoms with Gasteiger partial charge in [-0.05, 0) is 41.7 Å². The second-order valence-electron chi connectivity index (χ2n) is 7.90. The van der Waals surface area contributed by atoms with Gasteiger partial charge in [0.05, 0.1) is 12.2 Å². The Balaban J connectivity index is 1.71. The molecule has 1 unspecified atom stereocenters. The van der Waals surface area contributed by atoms with E-state index in [0.717, 1.165) is 11.1 Å². The number of aromatic nitrogens is 2. The quantitative estimate of drug-likeness (QED) is 0.567. The summed E-state index contributed by atoms with van der Waals surface area (Å²) in [7, 11) is 0. The van der Waals surface area contributed by atoms with Crippen LogP contribution in [0.5, 0.6) is 0 Å². The molecule has 1 aliphatic rings. The summed E-state index contributed by atoms with van der Waals surface area (Å²) in [4.78, 5) is 24.7. The fourth-order valence-electron chi connectivity index (χ4n) is 3.60. The molecule has 31 heavy (non-hydrogen) atoms. The maximum Gasteiger partial charge on any atom is 0.352 e. The summed E-state index contributed by atoms with van der Waals surface area (Å²) in [5.74, 6) is -0.710. The van der Waals surface area contributed by atoms with Crippen molar-refractivity contribution in [2.45, 2.75) is 32.7 Å². The van der Waals surface area contributed by atoms with Gasteiger partial charge in [0.15, 0.2) is 0 Å². The zero-order valence-electron chi connectivity index (χ0n) is 17.6. The number of nitrogens with one attached hydrogen (secondary N) is 2. The molecule has 1 aliphatic heterocycles. The smallest absolute Gasteiger partial charge is 0.352 e. The van der Waals surface area contributed by atoms with E-state index in [1.54, 1.807) is 10.8 Å². The molecule has 1 amide bonds. The van der Waals surface area contributed by atoms with Crippen LogP contribution in [0.2, 0.25) is 0 Å². The Kier molecular flexibility index (Phi) is 5.33. The molecule has 7 nitrogen and oxygen atoms in total. The number of hydrogen-bond acceptors (Lipinski definition) is 4. The van der Waals surface area contributed by atoms with Crippen molar-refractivity contribution in [2.75, 3.05) is 10.6 Å². The van der Waals surface area contributed by atoms with Crippen LogP contribution in [0.25, 0.3) is 0 Å². The summed E-state index contributed by atoms with van der Waals surface area (Å²) in [6.07, 6.45) is 3.07. The van der Waals surface area contributed by atoms with Crippen LogP contribution in [-0.4, -0.2) is 26.8 Å². The number of fused-ring (bicyclic) bond motifs is 1. The molecule has 0 saturated heterocycles. The molecule has 3 aromatic rings. The van der Waals surface area contributed by atoms with E-state index in [2.05, 4.69) is 29.6 Å². The molecule has 1 aromatic heterocycles. The van der Waals surface area contributed by atoms with Gasteiger partial charge in [-0.3, -0.25) is 4.79 Å². The number of carbonyl (C=O) groups excluding carboxylic acids is 1. The molecule has 4 rings (SSSR count). The first-order valence-electron chi connectivity index (χ1n) is 10.1. The van der Waals surface area contributed by atoms with Crippen LogP contribution in [0.3, 0.4) is 0 Å². The number of para-hydroxylation sites is 1. The number of carbonyl (C=O) groups is 2. The van der Waals surface area contributed by atoms with Gasteiger partial charge in [-0.1, -0.05) is 56.3 Å². The Morgan fingerprint density at radius 1 is 1.13 bits per heavy atom. The lowest BCUT2D eigenvalue weighted by molar-refractivity contribution is -0.132. The number of carboxylic acid groups (broad SMARTS) is 1. The molecule has 1 atom stereocenters. The van der Waals surface area contributed by atoms with E-state index in [1.807, 2.05) is 55.5 Å². The molecule has 0 fully saturated rings. The number of anilines is 2. The lowest BCUT2D eigenvalue weighted by atomic mass is 9.98. The standard InChI is InChI=1S/C24H24N4O3/c1-14(2)16-8-10-17(11-9-16)21-12-20(24(30)31)26-22-18(13-25-28(21)22)23(29)27-19-7-5-4-6-15(19)3/h4-14,21,26H,1-3H3,(H,27,29)(H,30,31). The minimum atomic E-state index is -1.10. The summed E-state index contributed by atoms with van der Waals surface area (Å²) >= 11 is 0. The largest absolute Gasteiger partial charge is 0.477 e. The molecule has 7 heteroatoms. The van der Waals surface area contributed by atoms with Gasteiger partial charge in [0.25, 0.3) is 5.91 Å². The van der Waals surface area contributed by atoms with Crippen LogP contribution in [0, 0.1) is 6.92 Å². The average Bonchev–Trinajstić information content (AvgIpc) is 3.19. The number of aliphatic carboxylic acids is 1. The summed E-state index contributed by atoms with van der Waals surface area (Å²) in [5, 5.41) is 19.8. The van der Waals surface area contributed by atoms with Gasteiger partial charge in [0.2, 0.25) is 0 Å². The molecule has 0 saturated carbocycles. The van der Waals surface area contributed by atoms with Crippen molar-refractivity contribution >= 4 is 23.4 Å². The second kappa shape index (κ2) is 8.10. The van der Waals surface area contributed by atoms with E-state index in [9.17, 15) is 14.7 Å². The summed E-state index contributed by atoms with van der Waals surface area (Å²) in [6, 6.07) is 15.0. The van der Waals surface area contributed by atoms with Crippen molar-refractivity contribution in [1.82, 2.24) is 9.78 Å². The van der Waals surface area contributed by atoms with Crippen molar-refractivity contribution in [3.63, 3.8) is 0 Å². The third kappa shape index (κ3) is 3.94. The number of amides is 1. The number of rotatable bonds is 5. The SMILES string of the molecule is Cc1ccccc1NC(=O)c1cnn2c1NC(C(=O)O)=CC2c1ccc(C(C)C)cc1. The molecule has 3 N–H and O–H groups in total. The third-order valence-corrected chi connectivity index (χ3v) is 5.45. The van der Waals surface area contributed by atoms with Gasteiger partial charge in [-0.25, -0.2) is 9.48 Å². The van der Waals surface area contributed by atoms with Crippen LogP contribution in [0.15, 0.2) is 66.5 Å². The zero-order valence-corrected chi connectivity index (χ0v) is 17.6. The zero-order chi connectivity index (χ0) is 22.1. The predicted molar refractivity (Wildman–Crippen MR) is 119 cm³/mol. The Bertz CT molecular complexity index is 1180. The number of hydrogen-bond donors (Lipinski definition) is 3. The first-order chi connectivity index (χ1) is 14.8. The van der Waals surface area contributed by atoms with Crippen LogP contribution in [0.1, 0.15) is 52.9 Å². The van der Waals surface area contributed by atoms with Gasteiger partial charge in [0, 0.05) is 5.69 Å². The number of allylic oxidation sites excluding steroid dienone is 1. The maximum absolute atomic E-state index is 13.0. The van der Waals surface area contributed by atoms with Crippen molar-refractivity contribution in [1.29, 1.82) is 0 Å². The van der Waals surface area contributed by atoms with Crippen LogP contribution >= 0.6 is 0 Å². The van der Waals surface area contributed by atoms with E-state index in [-0.39, 0.29) is 17.2 Å². The minimum Gasteiger partial charge on any atom is -0.477 e. The number of nitrogens with zero attached hydrogens (tertiary/aromatic N) is 2. The lowest BCUT2D eigenvalue weighted by Gasteiger charge is -2.25. The molecular formula is C24H24N4O3. The second-order valence-corrected chi connectivity index (χ2v) is 7.90. The predicted octanol–water partition coefficient (Wildman–Crippen LogP) is 4.55. The molecule has 2 heterocycles. The highest BCUT2D eigenvalue weighted by Crippen LogP contribution is 2.33. The molecule has 0 aliphatic carbocycles. The lowest BCUT2D eigenvalue weighted by Crippen LogP contribution is -2.25. The maximum atomic E-state index is 13.0. The summed E-state index contributed by atoms with van der Waals surface area (Å²) in [6.45, 7) is 6.14. The van der Waals surface area contributed by atoms with Crippen LogP contribution in [0.4, 0.5) is 11.5 Å². The average molecular weight is 416 g/mol. The fourth-order valence-corrected chi connectivity index (χ4v) is 3.60. The van der Waals surface area contributed by atoms with E-state index >= 15 is 0 Å². The Morgan fingerprint density at radius 2 is 1.84 bits per heavy atom. The molecule has 0 bridgehead atoms. The monoisotopic (exact) mass is 416 g/mol. The summed E-state index contributed by atoms with van der Waals surface area (Å²) in [5.41, 5.74) is 3.99. The topological polar surface area (TPSA) is 96.3 Å². The number of benzene rings is 2. The van der Waals surface area contributed by atoms with Gasteiger partial charge in [0.1, 0.15) is 17.1 Å². The van der Waals surface area contributed by atoms with Gasteiger partial charge < -0.3 is 15.7 Å². The van der Waals surface area contributed by atoms with Crippen LogP contribution in [-0.2, 0) is 4.79 Å². The molecule has 0 spiro atoms. The highest BCUT2D eigenvalue weighted by Gasteiger charge is 2.29. The van der Waals surface area contributed by atoms with Gasteiger partial charge in [-0.15, -0.1) is 0 Å². The van der Waals surface area contributed by atoms with E-state index < -0.39 is 12.0 Å². The minimum absolute atomic E-state index is 0.0101. The fraction of sp³-hybridized carbons (Fsp3) is 0.208. The molecule has 158 valence electrons. The van der Waals surface area contributed by atoms with E-state index in [0.29, 0.717) is 17.4 Å². The Morgan fingerprint density at radius 3 is 2.48 bits per heavy atom. The summed E-state index contributed by atoms with van der Waals surface area (Å²) < 4.78 is 1.64. The first-order valence-corrected chi connectivity index (χ1v) is 10.1. The Labute approximate surface area is 180 Å². The Hall–Kier alpha value is -3.87. The van der Waals surface area contributed by atoms with Crippen LogP contribution < -0.4 is 10.6 Å². The molecule has 0 radical (unpaired) electrons. The van der Waals surface area contributed by atoms with Crippen molar-refractivity contribution < 1.29 is 14.7 Å². The van der Waals surface area contributed by atoms with Crippen molar-refractivity contribution in [2.24, 2.45) is 0 Å². The third-order valence-electron chi connectivity index (χ3n) is 5.45. The van der Waals surface area contributed by atoms with E-state index in [1.165, 1.54) is 11.8 Å². The van der Waals surface area contributed by atoms with Crippen molar-refractivity contribution in [3.8, 4) is 0 Å². The normalized spacial score (nSPS) is 15.1. The molecular weight excluding hydrogens is 392 g/mol. The van der Waals surface area contributed by atoms with Crippen molar-refractivity contribution in [3.05, 3.63) is 88.8 Å². The van der Waals surface area contributed by atoms with Gasteiger partial charge >= 0.3 is 5.97 Å². The number of aryl methyl sites for hydroxylation is 1. The first kappa shape index (κ1) is 20.4. The highest BCUT2D eigenvalue weighted by molar-refractivity contribution is 6.08. The molecule has 2 aromatic carbocycles.